The zero-order valence-corrected chi connectivity index (χ0v) is 17.8. The number of rotatable bonds is 8. The summed E-state index contributed by atoms with van der Waals surface area (Å²) in [6, 6.07) is 16.0. The lowest BCUT2D eigenvalue weighted by Gasteiger charge is -2.32. The Balaban J connectivity index is 1.36. The number of ether oxygens (including phenoxy) is 1. The predicted molar refractivity (Wildman–Crippen MR) is 119 cm³/mol. The highest BCUT2D eigenvalue weighted by Crippen LogP contribution is 2.19. The van der Waals surface area contributed by atoms with Gasteiger partial charge in [-0.25, -0.2) is 4.98 Å². The Morgan fingerprint density at radius 2 is 1.72 bits per heavy atom. The van der Waals surface area contributed by atoms with Crippen LogP contribution < -0.4 is 4.74 Å². The molecular weight excluding hydrogens is 384 g/mol. The summed E-state index contributed by atoms with van der Waals surface area (Å²) >= 11 is 5.92. The molecule has 0 aliphatic carbocycles. The first-order chi connectivity index (χ1) is 14.2. The van der Waals surface area contributed by atoms with E-state index in [0.717, 1.165) is 68.4 Å². The van der Waals surface area contributed by atoms with Gasteiger partial charge in [0.15, 0.2) is 0 Å². The molecule has 1 aliphatic heterocycles. The average molecular weight is 413 g/mol. The number of imidazole rings is 1. The van der Waals surface area contributed by atoms with Crippen molar-refractivity contribution in [1.82, 2.24) is 19.4 Å². The van der Waals surface area contributed by atoms with Gasteiger partial charge in [0.1, 0.15) is 11.6 Å². The fourth-order valence-corrected chi connectivity index (χ4v) is 3.92. The second-order valence-electron chi connectivity index (χ2n) is 7.76. The number of aryl methyl sites for hydroxylation is 1. The molecule has 1 fully saturated rings. The Morgan fingerprint density at radius 1 is 0.966 bits per heavy atom. The van der Waals surface area contributed by atoms with E-state index in [1.165, 1.54) is 11.3 Å². The molecule has 5 nitrogen and oxygen atoms in total. The van der Waals surface area contributed by atoms with Crippen LogP contribution >= 0.6 is 11.6 Å². The maximum atomic E-state index is 5.92. The topological polar surface area (TPSA) is 33.5 Å². The van der Waals surface area contributed by atoms with Gasteiger partial charge in [0.25, 0.3) is 0 Å². The lowest BCUT2D eigenvalue weighted by atomic mass is 10.3. The highest BCUT2D eigenvalue weighted by molar-refractivity contribution is 6.30. The highest BCUT2D eigenvalue weighted by atomic mass is 35.5. The summed E-state index contributed by atoms with van der Waals surface area (Å²) in [4.78, 5) is 9.85. The first-order valence-electron chi connectivity index (χ1n) is 10.4. The fourth-order valence-electron chi connectivity index (χ4n) is 3.79. The minimum atomic E-state index is 0.710. The van der Waals surface area contributed by atoms with Crippen LogP contribution in [0.1, 0.15) is 18.7 Å². The summed E-state index contributed by atoms with van der Waals surface area (Å²) in [5.41, 5.74) is 2.32. The van der Waals surface area contributed by atoms with Crippen molar-refractivity contribution in [1.29, 1.82) is 0 Å². The maximum absolute atomic E-state index is 5.92. The number of piperazine rings is 1. The minimum absolute atomic E-state index is 0.710. The van der Waals surface area contributed by atoms with E-state index in [1.807, 2.05) is 24.3 Å². The molecule has 2 aromatic carbocycles. The Kier molecular flexibility index (Phi) is 6.70. The van der Waals surface area contributed by atoms with Crippen molar-refractivity contribution < 1.29 is 4.74 Å². The second kappa shape index (κ2) is 9.61. The van der Waals surface area contributed by atoms with Crippen molar-refractivity contribution in [3.63, 3.8) is 0 Å². The van der Waals surface area contributed by atoms with Crippen LogP contribution in [0.15, 0.2) is 48.5 Å². The van der Waals surface area contributed by atoms with Gasteiger partial charge in [0.2, 0.25) is 0 Å². The summed E-state index contributed by atoms with van der Waals surface area (Å²) in [5.74, 6) is 2.05. The zero-order valence-electron chi connectivity index (χ0n) is 17.1. The summed E-state index contributed by atoms with van der Waals surface area (Å²) in [6.45, 7) is 7.06. The number of aromatic nitrogens is 2. The van der Waals surface area contributed by atoms with Crippen molar-refractivity contribution in [3.8, 4) is 5.75 Å². The monoisotopic (exact) mass is 412 g/mol. The average Bonchev–Trinajstić information content (AvgIpc) is 3.08. The van der Waals surface area contributed by atoms with E-state index in [-0.39, 0.29) is 0 Å². The Morgan fingerprint density at radius 3 is 2.52 bits per heavy atom. The Hall–Kier alpha value is -2.08. The van der Waals surface area contributed by atoms with Crippen LogP contribution in [0.3, 0.4) is 0 Å². The van der Waals surface area contributed by atoms with E-state index in [0.29, 0.717) is 6.61 Å². The molecule has 29 heavy (non-hydrogen) atoms. The second-order valence-corrected chi connectivity index (χ2v) is 8.19. The summed E-state index contributed by atoms with van der Waals surface area (Å²) < 4.78 is 8.23. The number of fused-ring (bicyclic) bond motifs is 1. The molecule has 0 N–H and O–H groups in total. The van der Waals surface area contributed by atoms with Gasteiger partial charge < -0.3 is 14.2 Å². The number of hydrogen-bond donors (Lipinski definition) is 0. The summed E-state index contributed by atoms with van der Waals surface area (Å²) in [7, 11) is 2.19. The van der Waals surface area contributed by atoms with Crippen molar-refractivity contribution in [2.24, 2.45) is 0 Å². The SMILES string of the molecule is CN1CCN(Cc2nc3ccccc3n2CCCCOc2ccc(Cl)cc2)CC1. The molecule has 1 saturated heterocycles. The molecule has 0 radical (unpaired) electrons. The molecular formula is C23H29ClN4O. The van der Waals surface area contributed by atoms with E-state index >= 15 is 0 Å². The third-order valence-corrected chi connectivity index (χ3v) is 5.80. The molecule has 0 spiro atoms. The van der Waals surface area contributed by atoms with E-state index in [4.69, 9.17) is 21.3 Å². The molecule has 0 saturated carbocycles. The normalized spacial score (nSPS) is 15.8. The molecule has 6 heteroatoms. The quantitative estimate of drug-likeness (QED) is 0.516. The molecule has 154 valence electrons. The van der Waals surface area contributed by atoms with Crippen LogP contribution in [0, 0.1) is 0 Å². The van der Waals surface area contributed by atoms with Gasteiger partial charge >= 0.3 is 0 Å². The highest BCUT2D eigenvalue weighted by Gasteiger charge is 2.18. The molecule has 1 aliphatic rings. The van der Waals surface area contributed by atoms with Crippen LogP contribution in [-0.4, -0.2) is 59.2 Å². The van der Waals surface area contributed by atoms with Crippen LogP contribution in [0.5, 0.6) is 5.75 Å². The zero-order chi connectivity index (χ0) is 20.1. The smallest absolute Gasteiger partial charge is 0.124 e. The number of benzene rings is 2. The maximum Gasteiger partial charge on any atom is 0.124 e. The van der Waals surface area contributed by atoms with Crippen LogP contribution in [0.25, 0.3) is 11.0 Å². The molecule has 3 aromatic rings. The van der Waals surface area contributed by atoms with Crippen molar-refractivity contribution in [2.45, 2.75) is 25.9 Å². The van der Waals surface area contributed by atoms with Gasteiger partial charge in [-0.05, 0) is 56.3 Å². The molecule has 1 aromatic heterocycles. The number of unbranched alkanes of at least 4 members (excludes halogenated alkanes) is 1. The van der Waals surface area contributed by atoms with Gasteiger partial charge in [-0.3, -0.25) is 4.90 Å². The van der Waals surface area contributed by atoms with Gasteiger partial charge in [-0.1, -0.05) is 23.7 Å². The number of halogens is 1. The van der Waals surface area contributed by atoms with Gasteiger partial charge in [-0.15, -0.1) is 0 Å². The van der Waals surface area contributed by atoms with E-state index in [9.17, 15) is 0 Å². The Labute approximate surface area is 177 Å². The van der Waals surface area contributed by atoms with Crippen LogP contribution in [0.4, 0.5) is 0 Å². The molecule has 4 rings (SSSR count). The van der Waals surface area contributed by atoms with Crippen molar-refractivity contribution in [3.05, 3.63) is 59.4 Å². The lowest BCUT2D eigenvalue weighted by molar-refractivity contribution is 0.144. The summed E-state index contributed by atoms with van der Waals surface area (Å²) in [5, 5.41) is 0.734. The number of nitrogens with zero attached hydrogens (tertiary/aromatic N) is 4. The van der Waals surface area contributed by atoms with Gasteiger partial charge in [0.05, 0.1) is 24.2 Å². The van der Waals surface area contributed by atoms with Gasteiger partial charge in [0, 0.05) is 37.7 Å². The van der Waals surface area contributed by atoms with E-state index in [1.54, 1.807) is 0 Å². The lowest BCUT2D eigenvalue weighted by Crippen LogP contribution is -2.44. The molecule has 0 atom stereocenters. The van der Waals surface area contributed by atoms with Crippen LogP contribution in [0.2, 0.25) is 5.02 Å². The van der Waals surface area contributed by atoms with E-state index < -0.39 is 0 Å². The number of para-hydroxylation sites is 2. The third-order valence-electron chi connectivity index (χ3n) is 5.55. The first-order valence-corrected chi connectivity index (χ1v) is 10.8. The molecule has 0 bridgehead atoms. The largest absolute Gasteiger partial charge is 0.494 e. The number of likely N-dealkylation sites (N-methyl/N-ethyl adjacent to an activating group) is 1. The Bertz CT molecular complexity index is 916. The van der Waals surface area contributed by atoms with Crippen molar-refractivity contribution in [2.75, 3.05) is 39.8 Å². The standard InChI is InChI=1S/C23H29ClN4O/c1-26-13-15-27(16-14-26)18-23-25-21-6-2-3-7-22(21)28(23)12-4-5-17-29-20-10-8-19(24)9-11-20/h2-3,6-11H,4-5,12-18H2,1H3. The fraction of sp³-hybridized carbons (Fsp3) is 0.435. The van der Waals surface area contributed by atoms with E-state index in [2.05, 4.69) is 45.7 Å². The summed E-state index contributed by atoms with van der Waals surface area (Å²) in [6.07, 6.45) is 2.06. The molecule has 2 heterocycles. The third kappa shape index (κ3) is 5.30. The molecule has 0 amide bonds. The van der Waals surface area contributed by atoms with Crippen LogP contribution in [-0.2, 0) is 13.1 Å². The first kappa shape index (κ1) is 20.2. The predicted octanol–water partition coefficient (Wildman–Crippen LogP) is 4.30. The van der Waals surface area contributed by atoms with Crippen molar-refractivity contribution >= 4 is 22.6 Å². The molecule has 0 unspecified atom stereocenters. The van der Waals surface area contributed by atoms with Gasteiger partial charge in [-0.2, -0.15) is 0 Å². The number of hydrogen-bond acceptors (Lipinski definition) is 4. The minimum Gasteiger partial charge on any atom is -0.494 e.